The van der Waals surface area contributed by atoms with E-state index in [1.165, 1.54) is 38.4 Å². The first-order valence-electron chi connectivity index (χ1n) is 6.88. The number of rotatable bonds is 4. The van der Waals surface area contributed by atoms with Gasteiger partial charge in [-0.05, 0) is 42.9 Å². The Morgan fingerprint density at radius 2 is 2.12 bits per heavy atom. The third kappa shape index (κ3) is 5.62. The lowest BCUT2D eigenvalue weighted by Crippen LogP contribution is -2.47. The first-order valence-corrected chi connectivity index (χ1v) is 8.27. The summed E-state index contributed by atoms with van der Waals surface area (Å²) in [5, 5.41) is 3.71. The average molecular weight is 258 g/mol. The molecule has 0 radical (unpaired) electrons. The minimum atomic E-state index is 0.366. The highest BCUT2D eigenvalue weighted by molar-refractivity contribution is 7.98. The van der Waals surface area contributed by atoms with E-state index in [0.717, 1.165) is 5.92 Å². The largest absolute Gasteiger partial charge is 0.312 e. The zero-order valence-corrected chi connectivity index (χ0v) is 13.1. The van der Waals surface area contributed by atoms with Crippen molar-refractivity contribution in [3.8, 4) is 0 Å². The molecule has 102 valence electrons. The van der Waals surface area contributed by atoms with E-state index in [1.807, 2.05) is 11.8 Å². The van der Waals surface area contributed by atoms with E-state index < -0.39 is 0 Å². The summed E-state index contributed by atoms with van der Waals surface area (Å²) in [5.74, 6) is 2.09. The van der Waals surface area contributed by atoms with Crippen LogP contribution in [0.15, 0.2) is 0 Å². The van der Waals surface area contributed by atoms with Crippen molar-refractivity contribution in [3.05, 3.63) is 0 Å². The van der Waals surface area contributed by atoms with Gasteiger partial charge in [0, 0.05) is 19.1 Å². The van der Waals surface area contributed by atoms with Crippen LogP contribution < -0.4 is 5.32 Å². The summed E-state index contributed by atoms with van der Waals surface area (Å²) in [5.41, 5.74) is 0.366. The lowest BCUT2D eigenvalue weighted by molar-refractivity contribution is 0.185. The zero-order chi connectivity index (χ0) is 12.9. The van der Waals surface area contributed by atoms with Crippen LogP contribution in [0, 0.1) is 11.3 Å². The van der Waals surface area contributed by atoms with Gasteiger partial charge in [-0.25, -0.2) is 0 Å². The Hall–Kier alpha value is 0.270. The van der Waals surface area contributed by atoms with Crippen LogP contribution in [-0.4, -0.2) is 49.1 Å². The van der Waals surface area contributed by atoms with Gasteiger partial charge in [0.2, 0.25) is 0 Å². The fourth-order valence-electron chi connectivity index (χ4n) is 2.52. The molecule has 0 aromatic carbocycles. The minimum Gasteiger partial charge on any atom is -0.312 e. The standard InChI is InChI=1S/C14H30N2S/c1-12(11-17-5)9-16-8-6-7-15-13(10-16)14(2,3)4/h12-13,15H,6-11H2,1-5H3. The monoisotopic (exact) mass is 258 g/mol. The van der Waals surface area contributed by atoms with Crippen LogP contribution in [-0.2, 0) is 0 Å². The van der Waals surface area contributed by atoms with Crippen LogP contribution in [0.4, 0.5) is 0 Å². The third-order valence-electron chi connectivity index (χ3n) is 3.55. The van der Waals surface area contributed by atoms with Crippen molar-refractivity contribution in [1.82, 2.24) is 10.2 Å². The Bertz CT molecular complexity index is 213. The molecule has 1 rings (SSSR count). The summed E-state index contributed by atoms with van der Waals surface area (Å²) in [6.07, 6.45) is 3.50. The van der Waals surface area contributed by atoms with Gasteiger partial charge >= 0.3 is 0 Å². The molecule has 0 saturated carbocycles. The number of hydrogen-bond donors (Lipinski definition) is 1. The quantitative estimate of drug-likeness (QED) is 0.835. The maximum absolute atomic E-state index is 3.71. The Morgan fingerprint density at radius 1 is 1.41 bits per heavy atom. The van der Waals surface area contributed by atoms with Crippen LogP contribution >= 0.6 is 11.8 Å². The molecule has 0 bridgehead atoms. The molecular formula is C14H30N2S. The Kier molecular flexibility index (Phi) is 6.32. The highest BCUT2D eigenvalue weighted by atomic mass is 32.2. The molecule has 0 aromatic rings. The van der Waals surface area contributed by atoms with E-state index in [0.29, 0.717) is 11.5 Å². The summed E-state index contributed by atoms with van der Waals surface area (Å²) < 4.78 is 0. The molecule has 2 unspecified atom stereocenters. The van der Waals surface area contributed by atoms with Crippen molar-refractivity contribution >= 4 is 11.8 Å². The van der Waals surface area contributed by atoms with Crippen LogP contribution in [0.3, 0.4) is 0 Å². The van der Waals surface area contributed by atoms with Crippen LogP contribution in [0.2, 0.25) is 0 Å². The van der Waals surface area contributed by atoms with Gasteiger partial charge in [-0.3, -0.25) is 0 Å². The molecule has 1 fully saturated rings. The van der Waals surface area contributed by atoms with Crippen LogP contribution in [0.25, 0.3) is 0 Å². The Morgan fingerprint density at radius 3 is 2.71 bits per heavy atom. The molecule has 0 aromatic heterocycles. The van der Waals surface area contributed by atoms with Crippen molar-refractivity contribution in [3.63, 3.8) is 0 Å². The summed E-state index contributed by atoms with van der Waals surface area (Å²) in [4.78, 5) is 2.66. The molecule has 1 heterocycles. The predicted octanol–water partition coefficient (Wildman–Crippen LogP) is 2.70. The van der Waals surface area contributed by atoms with E-state index in [-0.39, 0.29) is 0 Å². The first kappa shape index (κ1) is 15.3. The highest BCUT2D eigenvalue weighted by Gasteiger charge is 2.28. The maximum Gasteiger partial charge on any atom is 0.0243 e. The lowest BCUT2D eigenvalue weighted by Gasteiger charge is -2.34. The van der Waals surface area contributed by atoms with Crippen molar-refractivity contribution in [1.29, 1.82) is 0 Å². The second kappa shape index (κ2) is 7.01. The normalized spacial score (nSPS) is 25.6. The van der Waals surface area contributed by atoms with Crippen molar-refractivity contribution in [2.75, 3.05) is 38.2 Å². The van der Waals surface area contributed by atoms with E-state index in [4.69, 9.17) is 0 Å². The number of hydrogen-bond acceptors (Lipinski definition) is 3. The smallest absolute Gasteiger partial charge is 0.0243 e. The molecule has 0 aliphatic carbocycles. The molecule has 1 saturated heterocycles. The van der Waals surface area contributed by atoms with Crippen molar-refractivity contribution in [2.24, 2.45) is 11.3 Å². The van der Waals surface area contributed by atoms with E-state index in [2.05, 4.69) is 44.2 Å². The molecular weight excluding hydrogens is 228 g/mol. The number of thioether (sulfide) groups is 1. The van der Waals surface area contributed by atoms with Gasteiger partial charge in [-0.2, -0.15) is 11.8 Å². The number of nitrogens with zero attached hydrogens (tertiary/aromatic N) is 1. The van der Waals surface area contributed by atoms with Gasteiger partial charge in [-0.15, -0.1) is 0 Å². The van der Waals surface area contributed by atoms with Gasteiger partial charge < -0.3 is 10.2 Å². The zero-order valence-electron chi connectivity index (χ0n) is 12.3. The number of nitrogens with one attached hydrogen (secondary N) is 1. The minimum absolute atomic E-state index is 0.366. The van der Waals surface area contributed by atoms with Gasteiger partial charge in [-0.1, -0.05) is 27.7 Å². The molecule has 3 heteroatoms. The summed E-state index contributed by atoms with van der Waals surface area (Å²) in [7, 11) is 0. The third-order valence-corrected chi connectivity index (χ3v) is 4.45. The van der Waals surface area contributed by atoms with Gasteiger partial charge in [0.15, 0.2) is 0 Å². The van der Waals surface area contributed by atoms with E-state index in [9.17, 15) is 0 Å². The molecule has 0 spiro atoms. The molecule has 17 heavy (non-hydrogen) atoms. The Balaban J connectivity index is 2.48. The van der Waals surface area contributed by atoms with E-state index in [1.54, 1.807) is 0 Å². The molecule has 1 N–H and O–H groups in total. The molecule has 2 nitrogen and oxygen atoms in total. The van der Waals surface area contributed by atoms with Crippen LogP contribution in [0.5, 0.6) is 0 Å². The molecule has 1 aliphatic rings. The second-order valence-electron chi connectivity index (χ2n) is 6.55. The van der Waals surface area contributed by atoms with Crippen molar-refractivity contribution in [2.45, 2.75) is 40.2 Å². The predicted molar refractivity (Wildman–Crippen MR) is 79.8 cm³/mol. The summed E-state index contributed by atoms with van der Waals surface area (Å²) >= 11 is 1.97. The maximum atomic E-state index is 3.71. The van der Waals surface area contributed by atoms with Crippen LogP contribution in [0.1, 0.15) is 34.1 Å². The fraction of sp³-hybridized carbons (Fsp3) is 1.00. The SMILES string of the molecule is CSCC(C)CN1CCCNC(C(C)(C)C)C1. The summed E-state index contributed by atoms with van der Waals surface area (Å²) in [6.45, 7) is 14.3. The van der Waals surface area contributed by atoms with E-state index >= 15 is 0 Å². The van der Waals surface area contributed by atoms with Crippen molar-refractivity contribution < 1.29 is 0 Å². The second-order valence-corrected chi connectivity index (χ2v) is 7.46. The molecule has 2 atom stereocenters. The Labute approximate surface area is 112 Å². The first-order chi connectivity index (χ1) is 7.93. The van der Waals surface area contributed by atoms with Gasteiger partial charge in [0.05, 0.1) is 0 Å². The highest BCUT2D eigenvalue weighted by Crippen LogP contribution is 2.22. The van der Waals surface area contributed by atoms with Gasteiger partial charge in [0.1, 0.15) is 0 Å². The topological polar surface area (TPSA) is 15.3 Å². The summed E-state index contributed by atoms with van der Waals surface area (Å²) in [6, 6.07) is 0.631. The molecule has 1 aliphatic heterocycles. The fourth-order valence-corrected chi connectivity index (χ4v) is 3.19. The van der Waals surface area contributed by atoms with Gasteiger partial charge in [0.25, 0.3) is 0 Å². The molecule has 0 amide bonds. The average Bonchev–Trinajstić information content (AvgIpc) is 2.42. The lowest BCUT2D eigenvalue weighted by atomic mass is 9.86.